The van der Waals surface area contributed by atoms with Crippen molar-refractivity contribution < 1.29 is 0 Å². The van der Waals surface area contributed by atoms with Crippen molar-refractivity contribution in [1.82, 2.24) is 19.2 Å². The molecule has 0 fully saturated rings. The van der Waals surface area contributed by atoms with E-state index in [-0.39, 0.29) is 5.56 Å². The molecule has 2 heterocycles. The highest BCUT2D eigenvalue weighted by molar-refractivity contribution is 5.68. The van der Waals surface area contributed by atoms with Crippen LogP contribution in [-0.2, 0) is 7.05 Å². The van der Waals surface area contributed by atoms with E-state index < -0.39 is 0 Å². The van der Waals surface area contributed by atoms with Crippen molar-refractivity contribution in [2.75, 3.05) is 5.84 Å². The van der Waals surface area contributed by atoms with Crippen LogP contribution in [0.25, 0.3) is 11.2 Å². The van der Waals surface area contributed by atoms with E-state index in [4.69, 9.17) is 5.84 Å². The van der Waals surface area contributed by atoms with Crippen LogP contribution in [0, 0.1) is 0 Å². The van der Waals surface area contributed by atoms with Gasteiger partial charge in [0.2, 0.25) is 0 Å². The monoisotopic (exact) mass is 165 g/mol. The molecule has 6 heteroatoms. The second kappa shape index (κ2) is 2.07. The zero-order valence-corrected chi connectivity index (χ0v) is 6.43. The highest BCUT2D eigenvalue weighted by Gasteiger charge is 2.05. The molecule has 62 valence electrons. The molecule has 0 saturated heterocycles. The van der Waals surface area contributed by atoms with E-state index in [1.165, 1.54) is 21.9 Å². The van der Waals surface area contributed by atoms with Crippen molar-refractivity contribution >= 4 is 11.2 Å². The molecule has 0 saturated carbocycles. The quantitative estimate of drug-likeness (QED) is 0.499. The van der Waals surface area contributed by atoms with Gasteiger partial charge in [-0.2, -0.15) is 0 Å². The van der Waals surface area contributed by atoms with Gasteiger partial charge in [-0.05, 0) is 0 Å². The predicted octanol–water partition coefficient (Wildman–Crippen LogP) is -1.16. The molecule has 2 rings (SSSR count). The Morgan fingerprint density at radius 1 is 1.42 bits per heavy atom. The van der Waals surface area contributed by atoms with Crippen LogP contribution in [0.3, 0.4) is 0 Å². The second-order valence-electron chi connectivity index (χ2n) is 2.48. The zero-order chi connectivity index (χ0) is 8.72. The third-order valence-corrected chi connectivity index (χ3v) is 1.64. The Kier molecular flexibility index (Phi) is 1.18. The van der Waals surface area contributed by atoms with Crippen molar-refractivity contribution in [2.24, 2.45) is 7.05 Å². The first-order valence-electron chi connectivity index (χ1n) is 3.34. The van der Waals surface area contributed by atoms with E-state index in [0.717, 1.165) is 0 Å². The van der Waals surface area contributed by atoms with Gasteiger partial charge in [-0.15, -0.1) is 0 Å². The van der Waals surface area contributed by atoms with Gasteiger partial charge >= 0.3 is 0 Å². The minimum absolute atomic E-state index is 0.191. The Balaban J connectivity index is 3.03. The molecule has 0 aliphatic carbocycles. The van der Waals surface area contributed by atoms with E-state index in [1.807, 2.05) is 0 Å². The Morgan fingerprint density at radius 3 is 2.92 bits per heavy atom. The lowest BCUT2D eigenvalue weighted by Crippen LogP contribution is -2.18. The molecule has 12 heavy (non-hydrogen) atoms. The van der Waals surface area contributed by atoms with Gasteiger partial charge in [0.1, 0.15) is 6.33 Å². The topological polar surface area (TPSA) is 78.7 Å². The highest BCUT2D eigenvalue weighted by atomic mass is 16.1. The van der Waals surface area contributed by atoms with E-state index in [1.54, 1.807) is 7.05 Å². The van der Waals surface area contributed by atoms with Crippen molar-refractivity contribution in [3.8, 4) is 0 Å². The number of aryl methyl sites for hydroxylation is 1. The summed E-state index contributed by atoms with van der Waals surface area (Å²) in [6.07, 6.45) is 2.77. The number of imidazole rings is 1. The van der Waals surface area contributed by atoms with Crippen LogP contribution in [-0.4, -0.2) is 19.2 Å². The largest absolute Gasteiger partial charge is 0.336 e. The first kappa shape index (κ1) is 6.84. The average Bonchev–Trinajstić information content (AvgIpc) is 2.41. The maximum Gasteiger partial charge on any atom is 0.281 e. The summed E-state index contributed by atoms with van der Waals surface area (Å²) in [6.45, 7) is 0. The van der Waals surface area contributed by atoms with E-state index in [0.29, 0.717) is 11.2 Å². The molecule has 0 unspecified atom stereocenters. The van der Waals surface area contributed by atoms with Gasteiger partial charge in [-0.3, -0.25) is 4.79 Å². The Bertz CT molecular complexity index is 482. The molecule has 2 aromatic rings. The molecule has 0 aliphatic rings. The van der Waals surface area contributed by atoms with Crippen LogP contribution in [0.1, 0.15) is 0 Å². The van der Waals surface area contributed by atoms with Gasteiger partial charge in [0.25, 0.3) is 5.56 Å². The SMILES string of the molecule is Cn1cnc2c(ncn2N)c1=O. The molecule has 2 N–H and O–H groups in total. The summed E-state index contributed by atoms with van der Waals surface area (Å²) in [5, 5.41) is 0. The normalized spacial score (nSPS) is 10.8. The predicted molar refractivity (Wildman–Crippen MR) is 42.9 cm³/mol. The fraction of sp³-hybridized carbons (Fsp3) is 0.167. The van der Waals surface area contributed by atoms with Gasteiger partial charge < -0.3 is 10.4 Å². The summed E-state index contributed by atoms with van der Waals surface area (Å²) in [4.78, 5) is 19.1. The summed E-state index contributed by atoms with van der Waals surface area (Å²) in [5.74, 6) is 5.44. The number of hydrogen-bond donors (Lipinski definition) is 1. The summed E-state index contributed by atoms with van der Waals surface area (Å²) in [6, 6.07) is 0. The number of fused-ring (bicyclic) bond motifs is 1. The number of nitrogen functional groups attached to an aromatic ring is 1. The van der Waals surface area contributed by atoms with Crippen LogP contribution in [0.5, 0.6) is 0 Å². The third kappa shape index (κ3) is 0.714. The van der Waals surface area contributed by atoms with Crippen molar-refractivity contribution in [3.63, 3.8) is 0 Å². The van der Waals surface area contributed by atoms with Crippen molar-refractivity contribution in [2.45, 2.75) is 0 Å². The average molecular weight is 165 g/mol. The van der Waals surface area contributed by atoms with Gasteiger partial charge in [0, 0.05) is 7.05 Å². The first-order valence-corrected chi connectivity index (χ1v) is 3.34. The van der Waals surface area contributed by atoms with Crippen LogP contribution in [0.2, 0.25) is 0 Å². The number of hydrogen-bond acceptors (Lipinski definition) is 4. The Hall–Kier alpha value is -1.85. The number of nitrogens with two attached hydrogens (primary N) is 1. The molecule has 0 spiro atoms. The Morgan fingerprint density at radius 2 is 2.17 bits per heavy atom. The maximum absolute atomic E-state index is 11.3. The van der Waals surface area contributed by atoms with Gasteiger partial charge in [-0.25, -0.2) is 14.6 Å². The van der Waals surface area contributed by atoms with Crippen LogP contribution < -0.4 is 11.4 Å². The van der Waals surface area contributed by atoms with E-state index in [9.17, 15) is 4.79 Å². The molecule has 6 nitrogen and oxygen atoms in total. The zero-order valence-electron chi connectivity index (χ0n) is 6.43. The molecular weight excluding hydrogens is 158 g/mol. The van der Waals surface area contributed by atoms with Gasteiger partial charge in [0.05, 0.1) is 6.33 Å². The second-order valence-corrected chi connectivity index (χ2v) is 2.48. The fourth-order valence-electron chi connectivity index (χ4n) is 0.994. The fourth-order valence-corrected chi connectivity index (χ4v) is 0.994. The highest BCUT2D eigenvalue weighted by Crippen LogP contribution is 1.98. The molecule has 0 amide bonds. The molecule has 0 bridgehead atoms. The smallest absolute Gasteiger partial charge is 0.281 e. The molecular formula is C6H7N5O. The molecule has 0 atom stereocenters. The minimum Gasteiger partial charge on any atom is -0.336 e. The summed E-state index contributed by atoms with van der Waals surface area (Å²) >= 11 is 0. The summed E-state index contributed by atoms with van der Waals surface area (Å²) < 4.78 is 2.58. The van der Waals surface area contributed by atoms with Crippen LogP contribution >= 0.6 is 0 Å². The Labute approximate surface area is 67.2 Å². The summed E-state index contributed by atoms with van der Waals surface area (Å²) in [7, 11) is 1.62. The van der Waals surface area contributed by atoms with Gasteiger partial charge in [0.15, 0.2) is 11.2 Å². The van der Waals surface area contributed by atoms with Crippen molar-refractivity contribution in [1.29, 1.82) is 0 Å². The first-order chi connectivity index (χ1) is 5.70. The molecule has 2 aromatic heterocycles. The number of nitrogens with zero attached hydrogens (tertiary/aromatic N) is 4. The minimum atomic E-state index is -0.191. The lowest BCUT2D eigenvalue weighted by Gasteiger charge is -1.95. The van der Waals surface area contributed by atoms with E-state index in [2.05, 4.69) is 9.97 Å². The number of rotatable bonds is 0. The lowest BCUT2D eigenvalue weighted by molar-refractivity contribution is 0.835. The third-order valence-electron chi connectivity index (χ3n) is 1.64. The van der Waals surface area contributed by atoms with Gasteiger partial charge in [-0.1, -0.05) is 0 Å². The maximum atomic E-state index is 11.3. The lowest BCUT2D eigenvalue weighted by atomic mass is 10.5. The van der Waals surface area contributed by atoms with Crippen LogP contribution in [0.4, 0.5) is 0 Å². The standard InChI is InChI=1S/C6H7N5O/c1-10-2-9-5-4(6(10)12)8-3-11(5)7/h2-3H,7H2,1H3. The molecule has 0 aliphatic heterocycles. The summed E-state index contributed by atoms with van der Waals surface area (Å²) in [5.41, 5.74) is 0.504. The molecule has 0 radical (unpaired) electrons. The number of aromatic nitrogens is 4. The molecule has 0 aromatic carbocycles. The van der Waals surface area contributed by atoms with Crippen molar-refractivity contribution in [3.05, 3.63) is 23.0 Å². The van der Waals surface area contributed by atoms with E-state index >= 15 is 0 Å². The van der Waals surface area contributed by atoms with Crippen LogP contribution in [0.15, 0.2) is 17.4 Å².